The van der Waals surface area contributed by atoms with E-state index < -0.39 is 21.6 Å². The van der Waals surface area contributed by atoms with Gasteiger partial charge < -0.3 is 20.1 Å². The fourth-order valence-corrected chi connectivity index (χ4v) is 8.10. The van der Waals surface area contributed by atoms with E-state index >= 15 is 0 Å². The summed E-state index contributed by atoms with van der Waals surface area (Å²) in [6.07, 6.45) is 2.97. The zero-order valence-corrected chi connectivity index (χ0v) is 26.4. The first kappa shape index (κ1) is 30.3. The van der Waals surface area contributed by atoms with E-state index in [0.29, 0.717) is 75.3 Å². The predicted octanol–water partition coefficient (Wildman–Crippen LogP) is 4.31. The number of anilines is 5. The number of aromatic nitrogens is 7. The van der Waals surface area contributed by atoms with Gasteiger partial charge in [-0.1, -0.05) is 12.1 Å². The molecule has 2 N–H and O–H groups in total. The summed E-state index contributed by atoms with van der Waals surface area (Å²) in [5.74, 6) is 2.61. The van der Waals surface area contributed by atoms with E-state index in [2.05, 4.69) is 40.8 Å². The van der Waals surface area contributed by atoms with Gasteiger partial charge in [-0.15, -0.1) is 10.2 Å². The smallest absolute Gasteiger partial charge is 0.228 e. The van der Waals surface area contributed by atoms with Crippen molar-refractivity contribution in [3.63, 3.8) is 0 Å². The summed E-state index contributed by atoms with van der Waals surface area (Å²) in [6, 6.07) is 12.1. The molecule has 46 heavy (non-hydrogen) atoms. The fraction of sp³-hybridized carbons (Fsp3) is 0.241. The Balaban J connectivity index is 0.000000157. The Morgan fingerprint density at radius 1 is 0.783 bits per heavy atom. The lowest BCUT2D eigenvalue weighted by atomic mass is 10.3. The van der Waals surface area contributed by atoms with E-state index in [-0.39, 0.29) is 16.9 Å². The van der Waals surface area contributed by atoms with Gasteiger partial charge in [-0.05, 0) is 48.0 Å². The molecule has 0 saturated heterocycles. The number of rotatable bonds is 5. The van der Waals surface area contributed by atoms with Crippen molar-refractivity contribution >= 4 is 62.2 Å². The summed E-state index contributed by atoms with van der Waals surface area (Å²) >= 11 is 5.84. The van der Waals surface area contributed by atoms with Crippen LogP contribution in [0.5, 0.6) is 0 Å². The van der Waals surface area contributed by atoms with Crippen LogP contribution in [0.25, 0.3) is 0 Å². The van der Waals surface area contributed by atoms with Crippen LogP contribution in [0.3, 0.4) is 0 Å². The molecule has 0 radical (unpaired) electrons. The Kier molecular flexibility index (Phi) is 8.40. The number of aryl methyl sites for hydroxylation is 2. The van der Waals surface area contributed by atoms with Crippen LogP contribution in [0, 0.1) is 11.6 Å². The lowest BCUT2D eigenvalue weighted by Crippen LogP contribution is -2.35. The maximum Gasteiger partial charge on any atom is 0.228 e. The maximum absolute atomic E-state index is 13.5. The number of hydrogen-bond donors (Lipinski definition) is 2. The van der Waals surface area contributed by atoms with Gasteiger partial charge in [0.05, 0.1) is 39.5 Å². The van der Waals surface area contributed by atoms with E-state index in [0.717, 1.165) is 24.6 Å². The first-order valence-electron chi connectivity index (χ1n) is 14.2. The summed E-state index contributed by atoms with van der Waals surface area (Å²) in [4.78, 5) is 20.6. The molecule has 0 aliphatic carbocycles. The molecule has 3 aliphatic heterocycles. The van der Waals surface area contributed by atoms with Gasteiger partial charge in [-0.3, -0.25) is 8.42 Å². The minimum absolute atomic E-state index is 0.0940. The number of benzene rings is 2. The molecule has 0 saturated carbocycles. The van der Waals surface area contributed by atoms with Gasteiger partial charge in [-0.2, -0.15) is 9.97 Å². The van der Waals surface area contributed by atoms with Crippen LogP contribution >= 0.6 is 11.6 Å². The summed E-state index contributed by atoms with van der Waals surface area (Å²) in [5.41, 5.74) is 2.56. The second-order valence-electron chi connectivity index (χ2n) is 10.5. The van der Waals surface area contributed by atoms with Gasteiger partial charge in [0.25, 0.3) is 0 Å². The molecule has 3 aliphatic rings. The largest absolute Gasteiger partial charge is 0.339 e. The Hall–Kier alpha value is -4.41. The van der Waals surface area contributed by atoms with Crippen LogP contribution in [0.15, 0.2) is 64.6 Å². The second kappa shape index (κ2) is 12.8. The van der Waals surface area contributed by atoms with Gasteiger partial charge in [0.15, 0.2) is 17.5 Å². The van der Waals surface area contributed by atoms with Gasteiger partial charge >= 0.3 is 0 Å². The number of hydrogen-bond acceptors (Lipinski definition) is 11. The second-order valence-corrected chi connectivity index (χ2v) is 13.9. The molecule has 236 valence electrons. The molecule has 0 bridgehead atoms. The average Bonchev–Trinajstić information content (AvgIpc) is 3.76. The third kappa shape index (κ3) is 6.32. The first-order valence-corrected chi connectivity index (χ1v) is 17.2. The van der Waals surface area contributed by atoms with Crippen LogP contribution in [0.1, 0.15) is 17.2 Å². The molecular formula is C29H25ClF2N10O2S2. The van der Waals surface area contributed by atoms with Crippen LogP contribution in [-0.4, -0.2) is 61.2 Å². The molecule has 5 aromatic rings. The van der Waals surface area contributed by atoms with Crippen LogP contribution in [0.2, 0.25) is 5.28 Å². The molecule has 3 aromatic heterocycles. The van der Waals surface area contributed by atoms with Crippen molar-refractivity contribution in [2.24, 2.45) is 0 Å². The highest BCUT2D eigenvalue weighted by Crippen LogP contribution is 2.33. The molecule has 2 aromatic carbocycles. The molecule has 2 unspecified atom stereocenters. The topological polar surface area (TPSA) is 144 Å². The lowest BCUT2D eigenvalue weighted by Gasteiger charge is -2.27. The molecular weight excluding hydrogens is 658 g/mol. The standard InChI is InChI=1S/C17H16FN7OS.C12H9ClFN3OS/c18-11-2-1-3-12(8-11)20-16-15-13(4-7-27(15)26)21-17(22-16)24-5-6-25-10-19-23-14(25)9-24;13-12-16-9-4-5-19(18)10(9)11(17-12)15-8-3-1-2-7(14)6-8/h1-3,8,10H,4-7,9H2,(H,20,21,22);1-3,6H,4-5H2,(H,15,16,17). The van der Waals surface area contributed by atoms with Crippen molar-refractivity contribution in [3.05, 3.63) is 89.0 Å². The highest BCUT2D eigenvalue weighted by atomic mass is 35.5. The predicted molar refractivity (Wildman–Crippen MR) is 169 cm³/mol. The zero-order valence-electron chi connectivity index (χ0n) is 24.0. The SMILES string of the molecule is O=S1CCc2nc(Cl)nc(Nc3cccc(F)c3)c21.O=S1CCc2nc(N3CCn4cnnc4C3)nc(Nc3cccc(F)c3)c21. The van der Waals surface area contributed by atoms with Crippen LogP contribution < -0.4 is 15.5 Å². The molecule has 2 atom stereocenters. The van der Waals surface area contributed by atoms with E-state index in [9.17, 15) is 17.2 Å². The van der Waals surface area contributed by atoms with Gasteiger partial charge in [-0.25, -0.2) is 18.7 Å². The minimum Gasteiger partial charge on any atom is -0.339 e. The summed E-state index contributed by atoms with van der Waals surface area (Å²) < 4.78 is 53.1. The monoisotopic (exact) mass is 682 g/mol. The fourth-order valence-electron chi connectivity index (χ4n) is 5.30. The zero-order chi connectivity index (χ0) is 31.8. The normalized spacial score (nSPS) is 17.8. The van der Waals surface area contributed by atoms with Gasteiger partial charge in [0, 0.05) is 48.8 Å². The average molecular weight is 683 g/mol. The number of nitrogens with one attached hydrogen (secondary N) is 2. The summed E-state index contributed by atoms with van der Waals surface area (Å²) in [5, 5.41) is 14.2. The Labute approximate surface area is 271 Å². The van der Waals surface area contributed by atoms with Crippen molar-refractivity contribution in [2.45, 2.75) is 35.7 Å². The van der Waals surface area contributed by atoms with Crippen molar-refractivity contribution in [1.29, 1.82) is 0 Å². The third-order valence-electron chi connectivity index (χ3n) is 7.43. The Bertz CT molecular complexity index is 2010. The molecule has 8 rings (SSSR count). The summed E-state index contributed by atoms with van der Waals surface area (Å²) in [7, 11) is -2.29. The number of nitrogens with zero attached hydrogens (tertiary/aromatic N) is 8. The van der Waals surface area contributed by atoms with Crippen LogP contribution in [0.4, 0.5) is 37.7 Å². The quantitative estimate of drug-likeness (QED) is 0.256. The molecule has 17 heteroatoms. The van der Waals surface area contributed by atoms with Crippen molar-refractivity contribution in [2.75, 3.05) is 33.6 Å². The molecule has 0 amide bonds. The van der Waals surface area contributed by atoms with Crippen molar-refractivity contribution in [1.82, 2.24) is 34.7 Å². The van der Waals surface area contributed by atoms with Crippen molar-refractivity contribution < 1.29 is 17.2 Å². The molecule has 6 heterocycles. The number of fused-ring (bicyclic) bond motifs is 3. The molecule has 0 spiro atoms. The minimum atomic E-state index is -1.16. The van der Waals surface area contributed by atoms with E-state index in [1.54, 1.807) is 30.6 Å². The van der Waals surface area contributed by atoms with E-state index in [1.165, 1.54) is 24.3 Å². The van der Waals surface area contributed by atoms with Crippen molar-refractivity contribution in [3.8, 4) is 0 Å². The van der Waals surface area contributed by atoms with E-state index in [1.807, 2.05) is 9.47 Å². The first-order chi connectivity index (χ1) is 22.3. The third-order valence-corrected chi connectivity index (χ3v) is 10.5. The summed E-state index contributed by atoms with van der Waals surface area (Å²) in [6.45, 7) is 2.04. The highest BCUT2D eigenvalue weighted by molar-refractivity contribution is 7.85. The highest BCUT2D eigenvalue weighted by Gasteiger charge is 2.29. The van der Waals surface area contributed by atoms with Gasteiger partial charge in [0.1, 0.15) is 27.8 Å². The van der Waals surface area contributed by atoms with Crippen LogP contribution in [-0.2, 0) is 47.5 Å². The number of halogens is 3. The molecule has 12 nitrogen and oxygen atoms in total. The lowest BCUT2D eigenvalue weighted by molar-refractivity contribution is 0.550. The maximum atomic E-state index is 13.5. The Morgan fingerprint density at radius 3 is 2.02 bits per heavy atom. The molecule has 0 fully saturated rings. The van der Waals surface area contributed by atoms with Gasteiger partial charge in [0.2, 0.25) is 11.2 Å². The Morgan fingerprint density at radius 2 is 1.39 bits per heavy atom. The van der Waals surface area contributed by atoms with E-state index in [4.69, 9.17) is 11.6 Å².